The minimum atomic E-state index is -0.705. The van der Waals surface area contributed by atoms with E-state index in [0.717, 1.165) is 51.4 Å². The van der Waals surface area contributed by atoms with Crippen molar-refractivity contribution in [2.75, 3.05) is 0 Å². The monoisotopic (exact) mass is 354 g/mol. The van der Waals surface area contributed by atoms with Gasteiger partial charge in [-0.05, 0) is 38.2 Å². The summed E-state index contributed by atoms with van der Waals surface area (Å²) in [7, 11) is 0. The molecule has 0 aromatic carbocycles. The van der Waals surface area contributed by atoms with E-state index < -0.39 is 5.97 Å². The Kier molecular flexibility index (Phi) is 15.3. The number of aliphatic carboxylic acids is 1. The second kappa shape index (κ2) is 16.2. The summed E-state index contributed by atoms with van der Waals surface area (Å²) in [5.41, 5.74) is 0. The van der Waals surface area contributed by atoms with E-state index >= 15 is 0 Å². The van der Waals surface area contributed by atoms with Gasteiger partial charge in [0.25, 0.3) is 0 Å². The lowest BCUT2D eigenvalue weighted by atomic mass is 10.1. The lowest BCUT2D eigenvalue weighted by Crippen LogP contribution is -2.20. The van der Waals surface area contributed by atoms with E-state index in [4.69, 9.17) is 9.84 Å². The summed E-state index contributed by atoms with van der Waals surface area (Å²) in [6.07, 6.45) is 16.1. The second-order valence-corrected chi connectivity index (χ2v) is 7.11. The van der Waals surface area contributed by atoms with E-state index in [2.05, 4.69) is 19.1 Å². The maximum atomic E-state index is 11.8. The number of carboxylic acid groups (broad SMARTS) is 1. The Morgan fingerprint density at radius 3 is 2.24 bits per heavy atom. The molecular weight excluding hydrogens is 316 g/mol. The van der Waals surface area contributed by atoms with Crippen molar-refractivity contribution in [3.63, 3.8) is 0 Å². The van der Waals surface area contributed by atoms with E-state index in [1.165, 1.54) is 19.3 Å². The lowest BCUT2D eigenvalue weighted by Gasteiger charge is -2.16. The molecule has 0 rings (SSSR count). The highest BCUT2D eigenvalue weighted by Gasteiger charge is 2.14. The summed E-state index contributed by atoms with van der Waals surface area (Å²) < 4.78 is 5.59. The van der Waals surface area contributed by atoms with Crippen LogP contribution in [0.25, 0.3) is 0 Å². The number of rotatable bonds is 16. The Labute approximate surface area is 154 Å². The number of allylic oxidation sites excluding steroid dienone is 1. The third kappa shape index (κ3) is 15.9. The Bertz CT molecular complexity index is 374. The van der Waals surface area contributed by atoms with Gasteiger partial charge >= 0.3 is 11.9 Å². The molecule has 0 bridgehead atoms. The highest BCUT2D eigenvalue weighted by atomic mass is 16.5. The first-order chi connectivity index (χ1) is 12.0. The van der Waals surface area contributed by atoms with E-state index in [1.807, 2.05) is 13.8 Å². The molecule has 1 N–H and O–H groups in total. The molecule has 0 aliphatic rings. The van der Waals surface area contributed by atoms with E-state index in [-0.39, 0.29) is 24.4 Å². The van der Waals surface area contributed by atoms with Gasteiger partial charge in [0.15, 0.2) is 0 Å². The number of unbranched alkanes of at least 4 members (excludes halogenated alkanes) is 8. The van der Waals surface area contributed by atoms with E-state index in [0.29, 0.717) is 0 Å². The molecule has 0 aromatic rings. The third-order valence-corrected chi connectivity index (χ3v) is 4.19. The number of carbonyl (C=O) groups excluding carboxylic acids is 1. The summed E-state index contributed by atoms with van der Waals surface area (Å²) in [4.78, 5) is 22.2. The van der Waals surface area contributed by atoms with Crippen molar-refractivity contribution in [1.29, 1.82) is 0 Å². The average Bonchev–Trinajstić information content (AvgIpc) is 2.56. The molecule has 0 saturated heterocycles. The molecule has 4 nitrogen and oxygen atoms in total. The third-order valence-electron chi connectivity index (χ3n) is 4.19. The maximum Gasteiger partial charge on any atom is 0.308 e. The molecule has 0 amide bonds. The van der Waals surface area contributed by atoms with Gasteiger partial charge in [0, 0.05) is 6.42 Å². The van der Waals surface area contributed by atoms with E-state index in [9.17, 15) is 9.59 Å². The Morgan fingerprint density at radius 1 is 0.960 bits per heavy atom. The number of hydrogen-bond donors (Lipinski definition) is 1. The number of carbonyl (C=O) groups is 2. The van der Waals surface area contributed by atoms with Gasteiger partial charge in [-0.2, -0.15) is 0 Å². The lowest BCUT2D eigenvalue weighted by molar-refractivity contribution is -0.151. The topological polar surface area (TPSA) is 63.6 Å². The normalized spacial score (nSPS) is 12.6. The molecule has 4 heteroatoms. The molecule has 25 heavy (non-hydrogen) atoms. The van der Waals surface area contributed by atoms with Crippen molar-refractivity contribution in [1.82, 2.24) is 0 Å². The van der Waals surface area contributed by atoms with Crippen LogP contribution in [0.2, 0.25) is 0 Å². The first kappa shape index (κ1) is 23.7. The summed E-state index contributed by atoms with van der Waals surface area (Å²) in [5, 5.41) is 8.58. The van der Waals surface area contributed by atoms with Crippen molar-refractivity contribution in [3.8, 4) is 0 Å². The zero-order valence-electron chi connectivity index (χ0n) is 16.5. The smallest absolute Gasteiger partial charge is 0.308 e. The summed E-state index contributed by atoms with van der Waals surface area (Å²) >= 11 is 0. The Morgan fingerprint density at radius 2 is 1.60 bits per heavy atom. The molecular formula is C21H38O4. The molecule has 0 fully saturated rings. The SMILES string of the molecule is CCCCCCC(/C=C\CCCCCCCC(=O)O)OC(=O)C(C)C. The van der Waals surface area contributed by atoms with Crippen molar-refractivity contribution in [2.45, 2.75) is 104 Å². The minimum Gasteiger partial charge on any atom is -0.481 e. The van der Waals surface area contributed by atoms with Crippen LogP contribution in [-0.4, -0.2) is 23.1 Å². The number of carboxylic acids is 1. The van der Waals surface area contributed by atoms with Crippen molar-refractivity contribution < 1.29 is 19.4 Å². The molecule has 0 aliphatic heterocycles. The maximum absolute atomic E-state index is 11.8. The van der Waals surface area contributed by atoms with Gasteiger partial charge in [0.2, 0.25) is 0 Å². The zero-order valence-corrected chi connectivity index (χ0v) is 16.5. The van der Waals surface area contributed by atoms with Crippen molar-refractivity contribution in [2.24, 2.45) is 5.92 Å². The highest BCUT2D eigenvalue weighted by Crippen LogP contribution is 2.13. The summed E-state index contributed by atoms with van der Waals surface area (Å²) in [6, 6.07) is 0. The van der Waals surface area contributed by atoms with Crippen LogP contribution in [0.3, 0.4) is 0 Å². The fraction of sp³-hybridized carbons (Fsp3) is 0.810. The first-order valence-corrected chi connectivity index (χ1v) is 10.1. The number of ether oxygens (including phenoxy) is 1. The van der Waals surface area contributed by atoms with Gasteiger partial charge in [-0.25, -0.2) is 0 Å². The van der Waals surface area contributed by atoms with Gasteiger partial charge in [-0.3, -0.25) is 9.59 Å². The molecule has 0 aliphatic carbocycles. The largest absolute Gasteiger partial charge is 0.481 e. The van der Waals surface area contributed by atoms with Crippen LogP contribution >= 0.6 is 0 Å². The summed E-state index contributed by atoms with van der Waals surface area (Å²) in [5.74, 6) is -0.912. The molecule has 0 saturated carbocycles. The molecule has 0 heterocycles. The fourth-order valence-corrected chi connectivity index (χ4v) is 2.57. The van der Waals surface area contributed by atoms with Crippen LogP contribution in [-0.2, 0) is 14.3 Å². The predicted molar refractivity (Wildman–Crippen MR) is 103 cm³/mol. The van der Waals surface area contributed by atoms with Gasteiger partial charge < -0.3 is 9.84 Å². The molecule has 1 unspecified atom stereocenters. The molecule has 0 spiro atoms. The van der Waals surface area contributed by atoms with Crippen molar-refractivity contribution >= 4 is 11.9 Å². The average molecular weight is 355 g/mol. The molecule has 146 valence electrons. The first-order valence-electron chi connectivity index (χ1n) is 10.1. The van der Waals surface area contributed by atoms with Crippen LogP contribution in [0, 0.1) is 5.92 Å². The van der Waals surface area contributed by atoms with Gasteiger partial charge in [0.1, 0.15) is 6.10 Å². The van der Waals surface area contributed by atoms with Crippen molar-refractivity contribution in [3.05, 3.63) is 12.2 Å². The van der Waals surface area contributed by atoms with Crippen LogP contribution in [0.15, 0.2) is 12.2 Å². The van der Waals surface area contributed by atoms with Gasteiger partial charge in [0.05, 0.1) is 5.92 Å². The fourth-order valence-electron chi connectivity index (χ4n) is 2.57. The highest BCUT2D eigenvalue weighted by molar-refractivity contribution is 5.71. The Hall–Kier alpha value is -1.32. The number of hydrogen-bond acceptors (Lipinski definition) is 3. The molecule has 0 aromatic heterocycles. The zero-order chi connectivity index (χ0) is 18.9. The predicted octanol–water partition coefficient (Wildman–Crippen LogP) is 5.90. The molecule has 0 radical (unpaired) electrons. The Balaban J connectivity index is 3.97. The van der Waals surface area contributed by atoms with Gasteiger partial charge in [-0.15, -0.1) is 0 Å². The quantitative estimate of drug-likeness (QED) is 0.213. The number of esters is 1. The van der Waals surface area contributed by atoms with Crippen LogP contribution in [0.5, 0.6) is 0 Å². The van der Waals surface area contributed by atoms with Crippen LogP contribution < -0.4 is 0 Å². The second-order valence-electron chi connectivity index (χ2n) is 7.11. The standard InChI is InChI=1S/C21H38O4/c1-4-5-6-12-15-19(25-21(24)18(2)3)16-13-10-8-7-9-11-14-17-20(22)23/h13,16,18-19H,4-12,14-15,17H2,1-3H3,(H,22,23)/b16-13-. The minimum absolute atomic E-state index is 0.0858. The van der Waals surface area contributed by atoms with E-state index in [1.54, 1.807) is 0 Å². The van der Waals surface area contributed by atoms with Crippen LogP contribution in [0.1, 0.15) is 97.8 Å². The van der Waals surface area contributed by atoms with Crippen LogP contribution in [0.4, 0.5) is 0 Å². The van der Waals surface area contributed by atoms with Gasteiger partial charge in [-0.1, -0.05) is 65.4 Å². The summed E-state index contributed by atoms with van der Waals surface area (Å²) in [6.45, 7) is 5.92. The molecule has 1 atom stereocenters.